The Kier molecular flexibility index (Phi) is 5.74. The van der Waals surface area contributed by atoms with Crippen LogP contribution < -0.4 is 5.32 Å². The van der Waals surface area contributed by atoms with Gasteiger partial charge in [0, 0.05) is 18.5 Å². The van der Waals surface area contributed by atoms with Crippen LogP contribution in [0.4, 0.5) is 0 Å². The molecule has 0 aliphatic carbocycles. The zero-order valence-corrected chi connectivity index (χ0v) is 13.1. The van der Waals surface area contributed by atoms with Crippen LogP contribution in [0.1, 0.15) is 69.6 Å². The van der Waals surface area contributed by atoms with Gasteiger partial charge in [-0.3, -0.25) is 4.79 Å². The number of rotatable bonds is 7. The second-order valence-corrected chi connectivity index (χ2v) is 5.82. The Morgan fingerprint density at radius 2 is 2.05 bits per heavy atom. The van der Waals surface area contributed by atoms with Crippen molar-refractivity contribution in [1.29, 1.82) is 0 Å². The molecule has 0 spiro atoms. The van der Waals surface area contributed by atoms with Crippen LogP contribution in [0, 0.1) is 5.92 Å². The molecule has 1 unspecified atom stereocenters. The van der Waals surface area contributed by atoms with Crippen molar-refractivity contribution in [1.82, 2.24) is 10.5 Å². The van der Waals surface area contributed by atoms with E-state index in [2.05, 4.69) is 24.3 Å². The van der Waals surface area contributed by atoms with Crippen molar-refractivity contribution < 1.29 is 14.4 Å². The third-order valence-electron chi connectivity index (χ3n) is 4.01. The molecule has 0 aromatic carbocycles. The lowest BCUT2D eigenvalue weighted by Crippen LogP contribution is -2.44. The largest absolute Gasteiger partial charge is 0.388 e. The van der Waals surface area contributed by atoms with Gasteiger partial charge in [-0.2, -0.15) is 0 Å². The number of nitrogens with zero attached hydrogens (tertiary/aromatic N) is 1. The van der Waals surface area contributed by atoms with E-state index in [9.17, 15) is 9.90 Å². The predicted octanol–water partition coefficient (Wildman–Crippen LogP) is 2.72. The highest BCUT2D eigenvalue weighted by Crippen LogP contribution is 2.22. The van der Waals surface area contributed by atoms with Crippen molar-refractivity contribution in [2.24, 2.45) is 5.92 Å². The Balaban J connectivity index is 2.65. The number of aromatic nitrogens is 1. The number of carbonyl (C=O) groups excluding carboxylic acids is 1. The van der Waals surface area contributed by atoms with Crippen LogP contribution in [-0.2, 0) is 0 Å². The molecule has 0 bridgehead atoms. The molecule has 1 aromatic rings. The van der Waals surface area contributed by atoms with Gasteiger partial charge in [0.1, 0.15) is 0 Å². The summed E-state index contributed by atoms with van der Waals surface area (Å²) in [5.74, 6) is 0.235. The first-order valence-electron chi connectivity index (χ1n) is 7.29. The van der Waals surface area contributed by atoms with Gasteiger partial charge < -0.3 is 14.9 Å². The summed E-state index contributed by atoms with van der Waals surface area (Å²) in [6.45, 7) is 9.88. The summed E-state index contributed by atoms with van der Waals surface area (Å²) < 4.78 is 5.09. The maximum Gasteiger partial charge on any atom is 0.290 e. The molecule has 20 heavy (non-hydrogen) atoms. The summed E-state index contributed by atoms with van der Waals surface area (Å²) in [6, 6.07) is 1.69. The molecule has 1 atom stereocenters. The van der Waals surface area contributed by atoms with Crippen LogP contribution in [0.15, 0.2) is 10.6 Å². The van der Waals surface area contributed by atoms with Gasteiger partial charge in [-0.1, -0.05) is 32.9 Å². The highest BCUT2D eigenvalue weighted by atomic mass is 16.5. The summed E-state index contributed by atoms with van der Waals surface area (Å²) >= 11 is 0. The van der Waals surface area contributed by atoms with Crippen LogP contribution in [-0.4, -0.2) is 28.3 Å². The van der Waals surface area contributed by atoms with Gasteiger partial charge in [0.05, 0.1) is 11.3 Å². The highest BCUT2D eigenvalue weighted by molar-refractivity contribution is 5.91. The van der Waals surface area contributed by atoms with Crippen molar-refractivity contribution in [2.75, 3.05) is 6.54 Å². The van der Waals surface area contributed by atoms with Crippen LogP contribution in [0.5, 0.6) is 0 Å². The van der Waals surface area contributed by atoms with Crippen LogP contribution >= 0.6 is 0 Å². The fourth-order valence-electron chi connectivity index (χ4n) is 1.85. The first kappa shape index (κ1) is 16.7. The summed E-state index contributed by atoms with van der Waals surface area (Å²) in [7, 11) is 0. The monoisotopic (exact) mass is 282 g/mol. The lowest BCUT2D eigenvalue weighted by molar-refractivity contribution is 0.0139. The predicted molar refractivity (Wildman–Crippen MR) is 77.6 cm³/mol. The van der Waals surface area contributed by atoms with Crippen molar-refractivity contribution in [2.45, 2.75) is 59.0 Å². The molecule has 0 aliphatic heterocycles. The maximum absolute atomic E-state index is 12.0. The molecule has 5 nitrogen and oxygen atoms in total. The van der Waals surface area contributed by atoms with Gasteiger partial charge in [0.2, 0.25) is 5.76 Å². The standard InChI is InChI=1S/C15H26N2O3/c1-6-11(7-2)12-8-13(20-17-12)14(18)16-9-15(5,19)10(3)4/h8,10-11,19H,6-7,9H2,1-5H3,(H,16,18). The average molecular weight is 282 g/mol. The SMILES string of the molecule is CCC(CC)c1cc(C(=O)NCC(C)(O)C(C)C)on1. The molecule has 0 aliphatic rings. The number of nitrogens with one attached hydrogen (secondary N) is 1. The quantitative estimate of drug-likeness (QED) is 0.806. The normalized spacial score (nSPS) is 14.6. The smallest absolute Gasteiger partial charge is 0.290 e. The fourth-order valence-corrected chi connectivity index (χ4v) is 1.85. The minimum absolute atomic E-state index is 0.0534. The third kappa shape index (κ3) is 4.07. The van der Waals surface area contributed by atoms with E-state index in [0.717, 1.165) is 18.5 Å². The second kappa shape index (κ2) is 6.88. The molecule has 114 valence electrons. The fraction of sp³-hybridized carbons (Fsp3) is 0.733. The third-order valence-corrected chi connectivity index (χ3v) is 4.01. The van der Waals surface area contributed by atoms with Crippen molar-refractivity contribution in [3.63, 3.8) is 0 Å². The molecule has 0 saturated heterocycles. The molecule has 0 radical (unpaired) electrons. The van der Waals surface area contributed by atoms with E-state index in [1.807, 2.05) is 13.8 Å². The Hall–Kier alpha value is -1.36. The van der Waals surface area contributed by atoms with Crippen molar-refractivity contribution >= 4 is 5.91 Å². The molecule has 1 heterocycles. The molecule has 5 heteroatoms. The highest BCUT2D eigenvalue weighted by Gasteiger charge is 2.26. The number of hydrogen-bond acceptors (Lipinski definition) is 4. The topological polar surface area (TPSA) is 75.4 Å². The van der Waals surface area contributed by atoms with E-state index in [-0.39, 0.29) is 24.1 Å². The van der Waals surface area contributed by atoms with E-state index < -0.39 is 5.60 Å². The maximum atomic E-state index is 12.0. The Bertz CT molecular complexity index is 434. The minimum Gasteiger partial charge on any atom is -0.388 e. The first-order chi connectivity index (χ1) is 9.31. The van der Waals surface area contributed by atoms with Gasteiger partial charge in [0.15, 0.2) is 0 Å². The molecule has 1 amide bonds. The molecule has 1 aromatic heterocycles. The summed E-state index contributed by atoms with van der Waals surface area (Å²) in [4.78, 5) is 12.0. The van der Waals surface area contributed by atoms with E-state index in [1.165, 1.54) is 0 Å². The summed E-state index contributed by atoms with van der Waals surface area (Å²) in [5.41, 5.74) is -0.121. The van der Waals surface area contributed by atoms with Gasteiger partial charge in [0.25, 0.3) is 5.91 Å². The molecule has 2 N–H and O–H groups in total. The summed E-state index contributed by atoms with van der Waals surface area (Å²) in [6.07, 6.45) is 1.93. The van der Waals surface area contributed by atoms with E-state index in [0.29, 0.717) is 5.92 Å². The van der Waals surface area contributed by atoms with Gasteiger partial charge in [-0.15, -0.1) is 0 Å². The minimum atomic E-state index is -0.937. The number of hydrogen-bond donors (Lipinski definition) is 2. The Morgan fingerprint density at radius 1 is 1.45 bits per heavy atom. The van der Waals surface area contributed by atoms with Crippen molar-refractivity contribution in [3.8, 4) is 0 Å². The zero-order chi connectivity index (χ0) is 15.3. The molecule has 1 rings (SSSR count). The lowest BCUT2D eigenvalue weighted by Gasteiger charge is -2.27. The number of amides is 1. The van der Waals surface area contributed by atoms with Gasteiger partial charge in [-0.25, -0.2) is 0 Å². The number of aliphatic hydroxyl groups is 1. The second-order valence-electron chi connectivity index (χ2n) is 5.82. The summed E-state index contributed by atoms with van der Waals surface area (Å²) in [5, 5.41) is 16.7. The van der Waals surface area contributed by atoms with Gasteiger partial charge >= 0.3 is 0 Å². The van der Waals surface area contributed by atoms with Crippen LogP contribution in [0.2, 0.25) is 0 Å². The molecular weight excluding hydrogens is 256 g/mol. The van der Waals surface area contributed by atoms with Crippen LogP contribution in [0.3, 0.4) is 0 Å². The van der Waals surface area contributed by atoms with Crippen molar-refractivity contribution in [3.05, 3.63) is 17.5 Å². The van der Waals surface area contributed by atoms with Gasteiger partial charge in [-0.05, 0) is 25.7 Å². The van der Waals surface area contributed by atoms with E-state index >= 15 is 0 Å². The average Bonchev–Trinajstić information content (AvgIpc) is 2.87. The molecule has 0 fully saturated rings. The number of carbonyl (C=O) groups is 1. The van der Waals surface area contributed by atoms with E-state index in [4.69, 9.17) is 4.52 Å². The first-order valence-corrected chi connectivity index (χ1v) is 7.29. The molecule has 0 saturated carbocycles. The zero-order valence-electron chi connectivity index (χ0n) is 13.1. The van der Waals surface area contributed by atoms with Crippen LogP contribution in [0.25, 0.3) is 0 Å². The van der Waals surface area contributed by atoms with E-state index in [1.54, 1.807) is 13.0 Å². The lowest BCUT2D eigenvalue weighted by atomic mass is 9.92. The Labute approximate surface area is 120 Å². The Morgan fingerprint density at radius 3 is 2.55 bits per heavy atom. The molecular formula is C15H26N2O3.